The van der Waals surface area contributed by atoms with E-state index in [9.17, 15) is 0 Å². The highest BCUT2D eigenvalue weighted by atomic mass is 32.2. The summed E-state index contributed by atoms with van der Waals surface area (Å²) >= 11 is 1.90. The van der Waals surface area contributed by atoms with Gasteiger partial charge in [0.1, 0.15) is 5.76 Å². The van der Waals surface area contributed by atoms with Crippen molar-refractivity contribution >= 4 is 16.9 Å². The molecule has 0 unspecified atom stereocenters. The molecule has 0 aliphatic carbocycles. The van der Waals surface area contributed by atoms with Gasteiger partial charge in [-0.05, 0) is 19.1 Å². The van der Waals surface area contributed by atoms with E-state index in [0.29, 0.717) is 16.9 Å². The standard InChI is InChI=1S/C17H22N4O2S/c1-12-10-18-17(24-12)21-7-5-20(6-8-21)11-14-13(2)23-16(19-14)15-4-3-9-22-15/h3-4,9,12H,5-8,10-11H2,1-2H3/t12-/m0/s1. The average molecular weight is 346 g/mol. The maximum atomic E-state index is 5.75. The number of nitrogens with zero attached hydrogens (tertiary/aromatic N) is 4. The minimum absolute atomic E-state index is 0.567. The predicted molar refractivity (Wildman–Crippen MR) is 95.1 cm³/mol. The van der Waals surface area contributed by atoms with Crippen molar-refractivity contribution in [1.82, 2.24) is 14.8 Å². The number of aromatic nitrogens is 1. The lowest BCUT2D eigenvalue weighted by atomic mass is 10.3. The quantitative estimate of drug-likeness (QED) is 0.852. The third-order valence-corrected chi connectivity index (χ3v) is 5.58. The Balaban J connectivity index is 1.36. The van der Waals surface area contributed by atoms with E-state index in [0.717, 1.165) is 50.7 Å². The molecule has 2 aliphatic rings. The number of piperazine rings is 1. The van der Waals surface area contributed by atoms with Crippen molar-refractivity contribution in [2.45, 2.75) is 25.6 Å². The van der Waals surface area contributed by atoms with Gasteiger partial charge in [-0.3, -0.25) is 9.89 Å². The lowest BCUT2D eigenvalue weighted by Crippen LogP contribution is -2.47. The molecule has 0 bridgehead atoms. The predicted octanol–water partition coefficient (Wildman–Crippen LogP) is 2.85. The van der Waals surface area contributed by atoms with E-state index in [2.05, 4.69) is 26.7 Å². The van der Waals surface area contributed by atoms with Gasteiger partial charge in [0.25, 0.3) is 5.89 Å². The number of aryl methyl sites for hydroxylation is 1. The Morgan fingerprint density at radius 3 is 2.79 bits per heavy atom. The highest BCUT2D eigenvalue weighted by Crippen LogP contribution is 2.25. The molecule has 2 aliphatic heterocycles. The number of oxazole rings is 1. The normalized spacial score (nSPS) is 22.2. The first-order valence-corrected chi connectivity index (χ1v) is 9.25. The Bertz CT molecular complexity index is 717. The van der Waals surface area contributed by atoms with E-state index in [1.54, 1.807) is 6.26 Å². The van der Waals surface area contributed by atoms with E-state index in [1.807, 2.05) is 30.8 Å². The molecule has 4 rings (SSSR count). The lowest BCUT2D eigenvalue weighted by molar-refractivity contribution is 0.175. The molecule has 0 amide bonds. The topological polar surface area (TPSA) is 58.0 Å². The van der Waals surface area contributed by atoms with Gasteiger partial charge < -0.3 is 13.7 Å². The minimum Gasteiger partial charge on any atom is -0.459 e. The number of rotatable bonds is 3. The van der Waals surface area contributed by atoms with Crippen LogP contribution in [0.3, 0.4) is 0 Å². The summed E-state index contributed by atoms with van der Waals surface area (Å²) in [7, 11) is 0. The first-order valence-electron chi connectivity index (χ1n) is 8.37. The molecule has 1 atom stereocenters. The third-order valence-electron chi connectivity index (χ3n) is 4.43. The van der Waals surface area contributed by atoms with Crippen molar-refractivity contribution in [3.63, 3.8) is 0 Å². The number of aliphatic imine (C=N–C) groups is 1. The molecule has 2 aromatic heterocycles. The van der Waals surface area contributed by atoms with Gasteiger partial charge in [-0.15, -0.1) is 0 Å². The van der Waals surface area contributed by atoms with Crippen LogP contribution in [-0.4, -0.2) is 57.9 Å². The van der Waals surface area contributed by atoms with Crippen LogP contribution >= 0.6 is 11.8 Å². The molecule has 0 aromatic carbocycles. The van der Waals surface area contributed by atoms with Gasteiger partial charge in [-0.1, -0.05) is 18.7 Å². The molecule has 24 heavy (non-hydrogen) atoms. The number of amidine groups is 1. The summed E-state index contributed by atoms with van der Waals surface area (Å²) in [6, 6.07) is 3.72. The smallest absolute Gasteiger partial charge is 0.263 e. The van der Waals surface area contributed by atoms with Crippen molar-refractivity contribution < 1.29 is 8.83 Å². The van der Waals surface area contributed by atoms with Crippen molar-refractivity contribution in [2.75, 3.05) is 32.7 Å². The molecule has 128 valence electrons. The van der Waals surface area contributed by atoms with Gasteiger partial charge >= 0.3 is 0 Å². The van der Waals surface area contributed by atoms with Gasteiger partial charge in [0, 0.05) is 38.0 Å². The Kier molecular flexibility index (Phi) is 4.37. The minimum atomic E-state index is 0.567. The van der Waals surface area contributed by atoms with Gasteiger partial charge in [-0.25, -0.2) is 4.98 Å². The van der Waals surface area contributed by atoms with Crippen molar-refractivity contribution in [3.8, 4) is 11.7 Å². The van der Waals surface area contributed by atoms with E-state index in [1.165, 1.54) is 5.17 Å². The summed E-state index contributed by atoms with van der Waals surface area (Å²) < 4.78 is 11.1. The Hall–Kier alpha value is -1.73. The Morgan fingerprint density at radius 1 is 1.29 bits per heavy atom. The molecule has 4 heterocycles. The van der Waals surface area contributed by atoms with Crippen LogP contribution in [-0.2, 0) is 6.54 Å². The zero-order valence-electron chi connectivity index (χ0n) is 14.1. The maximum absolute atomic E-state index is 5.75. The number of hydrogen-bond donors (Lipinski definition) is 0. The largest absolute Gasteiger partial charge is 0.459 e. The van der Waals surface area contributed by atoms with E-state index in [-0.39, 0.29) is 0 Å². The Morgan fingerprint density at radius 2 is 2.12 bits per heavy atom. The number of furan rings is 1. The van der Waals surface area contributed by atoms with Gasteiger partial charge in [0.05, 0.1) is 18.5 Å². The van der Waals surface area contributed by atoms with Crippen molar-refractivity contribution in [2.24, 2.45) is 4.99 Å². The van der Waals surface area contributed by atoms with Gasteiger partial charge in [0.15, 0.2) is 10.9 Å². The molecule has 6 nitrogen and oxygen atoms in total. The molecule has 0 saturated carbocycles. The van der Waals surface area contributed by atoms with Gasteiger partial charge in [0.2, 0.25) is 0 Å². The molecule has 0 spiro atoms. The molecule has 2 aromatic rings. The van der Waals surface area contributed by atoms with Crippen LogP contribution < -0.4 is 0 Å². The van der Waals surface area contributed by atoms with Crippen LogP contribution in [0.4, 0.5) is 0 Å². The Labute approximate surface area is 145 Å². The highest BCUT2D eigenvalue weighted by molar-refractivity contribution is 8.14. The van der Waals surface area contributed by atoms with Crippen LogP contribution in [0, 0.1) is 6.92 Å². The molecule has 0 radical (unpaired) electrons. The first kappa shape index (κ1) is 15.8. The van der Waals surface area contributed by atoms with Crippen LogP contribution in [0.25, 0.3) is 11.7 Å². The van der Waals surface area contributed by atoms with E-state index >= 15 is 0 Å². The van der Waals surface area contributed by atoms with E-state index < -0.39 is 0 Å². The van der Waals surface area contributed by atoms with Gasteiger partial charge in [-0.2, -0.15) is 0 Å². The summed E-state index contributed by atoms with van der Waals surface area (Å²) in [6.45, 7) is 10.1. The summed E-state index contributed by atoms with van der Waals surface area (Å²) in [6.07, 6.45) is 1.64. The van der Waals surface area contributed by atoms with E-state index in [4.69, 9.17) is 8.83 Å². The van der Waals surface area contributed by atoms with Crippen molar-refractivity contribution in [3.05, 3.63) is 29.9 Å². The summed E-state index contributed by atoms with van der Waals surface area (Å²) in [5, 5.41) is 1.84. The van der Waals surface area contributed by atoms with Crippen LogP contribution in [0.2, 0.25) is 0 Å². The fourth-order valence-electron chi connectivity index (χ4n) is 3.03. The number of thioether (sulfide) groups is 1. The molecular weight excluding hydrogens is 324 g/mol. The molecule has 7 heteroatoms. The fourth-order valence-corrected chi connectivity index (χ4v) is 4.01. The lowest BCUT2D eigenvalue weighted by Gasteiger charge is -2.35. The van der Waals surface area contributed by atoms with Crippen molar-refractivity contribution in [1.29, 1.82) is 0 Å². The molecular formula is C17H22N4O2S. The monoisotopic (exact) mass is 346 g/mol. The zero-order valence-corrected chi connectivity index (χ0v) is 14.9. The average Bonchev–Trinajstić information content (AvgIpc) is 3.30. The number of hydrogen-bond acceptors (Lipinski definition) is 7. The second-order valence-corrected chi connectivity index (χ2v) is 7.72. The maximum Gasteiger partial charge on any atom is 0.263 e. The third kappa shape index (κ3) is 3.23. The SMILES string of the molecule is Cc1oc(-c2ccco2)nc1CN1CCN(C2=NC[C@H](C)S2)CC1. The second-order valence-electron chi connectivity index (χ2n) is 6.31. The van der Waals surface area contributed by atoms with Crippen LogP contribution in [0.1, 0.15) is 18.4 Å². The highest BCUT2D eigenvalue weighted by Gasteiger charge is 2.25. The fraction of sp³-hybridized carbons (Fsp3) is 0.529. The molecule has 1 fully saturated rings. The second kappa shape index (κ2) is 6.64. The molecule has 0 N–H and O–H groups in total. The first-order chi connectivity index (χ1) is 11.7. The zero-order chi connectivity index (χ0) is 16.5. The van der Waals surface area contributed by atoms with Crippen LogP contribution in [0.5, 0.6) is 0 Å². The van der Waals surface area contributed by atoms with Crippen LogP contribution in [0.15, 0.2) is 32.2 Å². The summed E-state index contributed by atoms with van der Waals surface area (Å²) in [5.41, 5.74) is 0.996. The molecule has 1 saturated heterocycles. The summed E-state index contributed by atoms with van der Waals surface area (Å²) in [4.78, 5) is 14.1. The summed E-state index contributed by atoms with van der Waals surface area (Å²) in [5.74, 6) is 2.12.